The number of methoxy groups -OCH3 is 2. The summed E-state index contributed by atoms with van der Waals surface area (Å²) in [5.74, 6) is 0.357. The molecule has 3 rings (SSSR count). The molecular formula is C21H25N3O7S. The van der Waals surface area contributed by atoms with Crippen LogP contribution in [0.3, 0.4) is 0 Å². The Hall–Kier alpha value is -3.31. The standard InChI is InChI=1S/C21H25N3O7S/c1-12-6-17-18(31-13(2)21(26)23-17)10-19(12)32(27,28)24(3)11-20(25)22-14-7-15(29-4)9-16(8-14)30-5/h6-10,13H,11H2,1-5H3,(H,22,25)(H,23,26)/t13-/m0/s1. The van der Waals surface area contributed by atoms with E-state index in [-0.39, 0.29) is 16.6 Å². The lowest BCUT2D eigenvalue weighted by atomic mass is 10.1. The number of rotatable bonds is 7. The van der Waals surface area contributed by atoms with Gasteiger partial charge in [-0.25, -0.2) is 8.42 Å². The number of fused-ring (bicyclic) bond motifs is 1. The van der Waals surface area contributed by atoms with Gasteiger partial charge in [-0.2, -0.15) is 4.31 Å². The Kier molecular flexibility index (Phi) is 6.60. The van der Waals surface area contributed by atoms with Crippen LogP contribution in [0, 0.1) is 6.92 Å². The minimum atomic E-state index is -4.02. The van der Waals surface area contributed by atoms with Gasteiger partial charge in [-0.1, -0.05) is 0 Å². The third-order valence-corrected chi connectivity index (χ3v) is 6.84. The first-order valence-electron chi connectivity index (χ1n) is 9.66. The van der Waals surface area contributed by atoms with Gasteiger partial charge in [-0.05, 0) is 25.5 Å². The molecule has 0 radical (unpaired) electrons. The number of carbonyl (C=O) groups is 2. The molecule has 0 spiro atoms. The van der Waals surface area contributed by atoms with Crippen LogP contribution in [0.25, 0.3) is 0 Å². The molecule has 2 aromatic carbocycles. The summed E-state index contributed by atoms with van der Waals surface area (Å²) >= 11 is 0. The van der Waals surface area contributed by atoms with Crippen LogP contribution in [0.15, 0.2) is 35.2 Å². The summed E-state index contributed by atoms with van der Waals surface area (Å²) in [4.78, 5) is 24.3. The Bertz CT molecular complexity index is 1140. The van der Waals surface area contributed by atoms with E-state index in [1.807, 2.05) is 0 Å². The van der Waals surface area contributed by atoms with Crippen LogP contribution in [-0.2, 0) is 19.6 Å². The number of hydrogen-bond acceptors (Lipinski definition) is 7. The van der Waals surface area contributed by atoms with Crippen LogP contribution in [0.5, 0.6) is 17.2 Å². The molecule has 2 amide bonds. The zero-order valence-corrected chi connectivity index (χ0v) is 19.2. The van der Waals surface area contributed by atoms with Gasteiger partial charge in [-0.3, -0.25) is 9.59 Å². The summed E-state index contributed by atoms with van der Waals surface area (Å²) in [6, 6.07) is 7.72. The molecule has 0 aliphatic carbocycles. The first kappa shape index (κ1) is 23.4. The Balaban J connectivity index is 1.79. The molecule has 0 aromatic heterocycles. The van der Waals surface area contributed by atoms with E-state index >= 15 is 0 Å². The average molecular weight is 464 g/mol. The van der Waals surface area contributed by atoms with Gasteiger partial charge in [0.1, 0.15) is 17.2 Å². The van der Waals surface area contributed by atoms with Crippen molar-refractivity contribution >= 4 is 33.2 Å². The number of nitrogens with one attached hydrogen (secondary N) is 2. The molecule has 11 heteroatoms. The molecule has 0 saturated carbocycles. The average Bonchev–Trinajstić information content (AvgIpc) is 2.73. The number of ether oxygens (including phenoxy) is 3. The minimum Gasteiger partial charge on any atom is -0.497 e. The second kappa shape index (κ2) is 9.05. The van der Waals surface area contributed by atoms with E-state index in [1.54, 1.807) is 32.0 Å². The van der Waals surface area contributed by atoms with Crippen molar-refractivity contribution in [3.8, 4) is 17.2 Å². The number of anilines is 2. The third kappa shape index (κ3) is 4.78. The number of benzene rings is 2. The summed E-state index contributed by atoms with van der Waals surface area (Å²) in [6.07, 6.45) is -0.746. The van der Waals surface area contributed by atoms with Crippen LogP contribution in [0.2, 0.25) is 0 Å². The zero-order valence-electron chi connectivity index (χ0n) is 18.4. The van der Waals surface area contributed by atoms with E-state index in [0.29, 0.717) is 28.4 Å². The van der Waals surface area contributed by atoms with Crippen LogP contribution < -0.4 is 24.8 Å². The smallest absolute Gasteiger partial charge is 0.265 e. The molecule has 1 heterocycles. The van der Waals surface area contributed by atoms with Gasteiger partial charge >= 0.3 is 0 Å². The quantitative estimate of drug-likeness (QED) is 0.644. The highest BCUT2D eigenvalue weighted by Crippen LogP contribution is 2.35. The van der Waals surface area contributed by atoms with Gasteiger partial charge in [0.25, 0.3) is 5.91 Å². The molecule has 1 aliphatic rings. The van der Waals surface area contributed by atoms with Crippen LogP contribution in [-0.4, -0.2) is 58.5 Å². The van der Waals surface area contributed by atoms with Crippen molar-refractivity contribution in [2.45, 2.75) is 24.8 Å². The number of nitrogens with zero attached hydrogens (tertiary/aromatic N) is 1. The molecule has 32 heavy (non-hydrogen) atoms. The molecule has 0 bridgehead atoms. The topological polar surface area (TPSA) is 123 Å². The lowest BCUT2D eigenvalue weighted by Crippen LogP contribution is -2.36. The van der Waals surface area contributed by atoms with Crippen LogP contribution in [0.4, 0.5) is 11.4 Å². The number of aryl methyl sites for hydroxylation is 1. The molecule has 2 N–H and O–H groups in total. The Labute approximate surface area is 186 Å². The molecule has 172 valence electrons. The molecule has 1 atom stereocenters. The minimum absolute atomic E-state index is 0.0158. The number of likely N-dealkylation sites (N-methyl/N-ethyl adjacent to an activating group) is 1. The van der Waals surface area contributed by atoms with Gasteiger partial charge in [0.2, 0.25) is 15.9 Å². The van der Waals surface area contributed by atoms with E-state index in [9.17, 15) is 18.0 Å². The number of carbonyl (C=O) groups excluding carboxylic acids is 2. The highest BCUT2D eigenvalue weighted by atomic mass is 32.2. The van der Waals surface area contributed by atoms with E-state index in [1.165, 1.54) is 33.4 Å². The van der Waals surface area contributed by atoms with E-state index in [2.05, 4.69) is 10.6 Å². The predicted molar refractivity (Wildman–Crippen MR) is 118 cm³/mol. The van der Waals surface area contributed by atoms with Gasteiger partial charge in [0.05, 0.1) is 31.3 Å². The number of hydrogen-bond donors (Lipinski definition) is 2. The normalized spacial score (nSPS) is 15.4. The lowest BCUT2D eigenvalue weighted by molar-refractivity contribution is -0.122. The van der Waals surface area contributed by atoms with Crippen molar-refractivity contribution in [1.29, 1.82) is 0 Å². The van der Waals surface area contributed by atoms with Crippen LogP contribution >= 0.6 is 0 Å². The van der Waals surface area contributed by atoms with Crippen LogP contribution in [0.1, 0.15) is 12.5 Å². The summed E-state index contributed by atoms with van der Waals surface area (Å²) in [5, 5.41) is 5.32. The molecule has 1 aliphatic heterocycles. The highest BCUT2D eigenvalue weighted by molar-refractivity contribution is 7.89. The maximum absolute atomic E-state index is 13.1. The fourth-order valence-corrected chi connectivity index (χ4v) is 4.50. The third-order valence-electron chi connectivity index (χ3n) is 4.90. The van der Waals surface area contributed by atoms with E-state index < -0.39 is 28.6 Å². The van der Waals surface area contributed by atoms with Crippen molar-refractivity contribution in [1.82, 2.24) is 4.31 Å². The second-order valence-corrected chi connectivity index (χ2v) is 9.29. The Morgan fingerprint density at radius 2 is 1.78 bits per heavy atom. The molecule has 2 aromatic rings. The molecule has 10 nitrogen and oxygen atoms in total. The maximum atomic E-state index is 13.1. The largest absolute Gasteiger partial charge is 0.497 e. The Morgan fingerprint density at radius 3 is 2.38 bits per heavy atom. The number of amides is 2. The predicted octanol–water partition coefficient (Wildman–Crippen LogP) is 1.99. The van der Waals surface area contributed by atoms with Gasteiger partial charge in [-0.15, -0.1) is 0 Å². The SMILES string of the molecule is COc1cc(NC(=O)CN(C)S(=O)(=O)c2cc3c(cc2C)NC(=O)[C@H](C)O3)cc(OC)c1. The first-order chi connectivity index (χ1) is 15.0. The van der Waals surface area contributed by atoms with Gasteiger partial charge in [0, 0.05) is 37.0 Å². The van der Waals surface area contributed by atoms with Crippen molar-refractivity contribution in [2.75, 3.05) is 38.4 Å². The fourth-order valence-electron chi connectivity index (χ4n) is 3.16. The molecular weight excluding hydrogens is 438 g/mol. The Morgan fingerprint density at radius 1 is 1.16 bits per heavy atom. The lowest BCUT2D eigenvalue weighted by Gasteiger charge is -2.25. The molecule has 0 unspecified atom stereocenters. The fraction of sp³-hybridized carbons (Fsp3) is 0.333. The second-order valence-electron chi connectivity index (χ2n) is 7.27. The van der Waals surface area contributed by atoms with E-state index in [4.69, 9.17) is 14.2 Å². The summed E-state index contributed by atoms with van der Waals surface area (Å²) < 4.78 is 43.1. The van der Waals surface area contributed by atoms with Gasteiger partial charge in [0.15, 0.2) is 6.10 Å². The number of sulfonamides is 1. The monoisotopic (exact) mass is 463 g/mol. The van der Waals surface area contributed by atoms with Crippen molar-refractivity contribution < 1.29 is 32.2 Å². The summed E-state index contributed by atoms with van der Waals surface area (Å²) in [7, 11) is 0.261. The van der Waals surface area contributed by atoms with E-state index in [0.717, 1.165) is 4.31 Å². The summed E-state index contributed by atoms with van der Waals surface area (Å²) in [6.45, 7) is 2.75. The molecule has 0 saturated heterocycles. The van der Waals surface area contributed by atoms with Crippen molar-refractivity contribution in [3.05, 3.63) is 35.9 Å². The molecule has 0 fully saturated rings. The maximum Gasteiger partial charge on any atom is 0.265 e. The van der Waals surface area contributed by atoms with Crippen molar-refractivity contribution in [3.63, 3.8) is 0 Å². The van der Waals surface area contributed by atoms with Gasteiger partial charge < -0.3 is 24.8 Å². The first-order valence-corrected chi connectivity index (χ1v) is 11.1. The highest BCUT2D eigenvalue weighted by Gasteiger charge is 2.30. The summed E-state index contributed by atoms with van der Waals surface area (Å²) in [5.41, 5.74) is 1.21. The van der Waals surface area contributed by atoms with Crippen molar-refractivity contribution in [2.24, 2.45) is 0 Å². The zero-order chi connectivity index (χ0) is 23.6.